The lowest BCUT2D eigenvalue weighted by molar-refractivity contribution is -0.143. The number of ether oxygens (including phenoxy) is 2. The number of carbonyl (C=O) groups excluding carboxylic acids is 1. The van der Waals surface area contributed by atoms with E-state index in [-0.39, 0.29) is 18.0 Å². The second-order valence-corrected chi connectivity index (χ2v) is 6.69. The molecule has 0 saturated carbocycles. The molecule has 0 atom stereocenters. The average Bonchev–Trinajstić information content (AvgIpc) is 3.03. The Morgan fingerprint density at radius 2 is 1.93 bits per heavy atom. The molecule has 3 aromatic rings. The van der Waals surface area contributed by atoms with Crippen LogP contribution >= 0.6 is 0 Å². The largest absolute Gasteiger partial charge is 0.496 e. The third-order valence-corrected chi connectivity index (χ3v) is 4.76. The number of aromatic nitrogens is 1. The number of nitrogens with two attached hydrogens (primary N) is 1. The number of carboxylic acids is 1. The number of methoxy groups -OCH3 is 1. The number of benzene rings is 2. The van der Waals surface area contributed by atoms with Crippen LogP contribution in [0.5, 0.6) is 5.75 Å². The Hall–Kier alpha value is -3.48. The SMILES string of the molecule is CCOC(=O)CCn1cc(Cc2ccc(C(=O)O)cc2OC)c2cc(N)ccc21. The third-order valence-electron chi connectivity index (χ3n) is 4.76. The van der Waals surface area contributed by atoms with E-state index in [1.807, 2.05) is 29.0 Å². The van der Waals surface area contributed by atoms with Gasteiger partial charge < -0.3 is 24.9 Å². The first-order chi connectivity index (χ1) is 13.9. The fourth-order valence-electron chi connectivity index (χ4n) is 3.39. The smallest absolute Gasteiger partial charge is 0.335 e. The van der Waals surface area contributed by atoms with E-state index in [0.29, 0.717) is 31.0 Å². The number of rotatable bonds is 8. The first-order valence-electron chi connectivity index (χ1n) is 9.36. The van der Waals surface area contributed by atoms with E-state index in [1.54, 1.807) is 19.1 Å². The van der Waals surface area contributed by atoms with E-state index in [1.165, 1.54) is 13.2 Å². The molecule has 3 N–H and O–H groups in total. The van der Waals surface area contributed by atoms with Gasteiger partial charge in [-0.2, -0.15) is 0 Å². The number of fused-ring (bicyclic) bond motifs is 1. The Labute approximate surface area is 168 Å². The highest BCUT2D eigenvalue weighted by Crippen LogP contribution is 2.29. The van der Waals surface area contributed by atoms with E-state index >= 15 is 0 Å². The van der Waals surface area contributed by atoms with Crippen molar-refractivity contribution in [2.75, 3.05) is 19.5 Å². The lowest BCUT2D eigenvalue weighted by Gasteiger charge is -2.09. The topological polar surface area (TPSA) is 104 Å². The molecule has 0 amide bonds. The van der Waals surface area contributed by atoms with Crippen molar-refractivity contribution < 1.29 is 24.2 Å². The maximum atomic E-state index is 11.8. The van der Waals surface area contributed by atoms with Crippen LogP contribution in [0.2, 0.25) is 0 Å². The summed E-state index contributed by atoms with van der Waals surface area (Å²) in [5.41, 5.74) is 9.66. The number of aryl methyl sites for hydroxylation is 1. The van der Waals surface area contributed by atoms with Crippen molar-refractivity contribution in [3.05, 3.63) is 59.3 Å². The minimum atomic E-state index is -1.00. The number of hydrogen-bond donors (Lipinski definition) is 2. The van der Waals surface area contributed by atoms with Crippen LogP contribution in [0.15, 0.2) is 42.6 Å². The summed E-state index contributed by atoms with van der Waals surface area (Å²) in [4.78, 5) is 23.0. The van der Waals surface area contributed by atoms with E-state index in [0.717, 1.165) is 22.0 Å². The van der Waals surface area contributed by atoms with Gasteiger partial charge >= 0.3 is 11.9 Å². The van der Waals surface area contributed by atoms with Gasteiger partial charge in [0.2, 0.25) is 0 Å². The summed E-state index contributed by atoms with van der Waals surface area (Å²) < 4.78 is 12.4. The second kappa shape index (κ2) is 8.68. The third kappa shape index (κ3) is 4.51. The molecule has 29 heavy (non-hydrogen) atoms. The van der Waals surface area contributed by atoms with Crippen molar-refractivity contribution >= 4 is 28.5 Å². The highest BCUT2D eigenvalue weighted by molar-refractivity contribution is 5.89. The molecule has 0 radical (unpaired) electrons. The Morgan fingerprint density at radius 3 is 2.62 bits per heavy atom. The molecule has 1 aromatic heterocycles. The number of esters is 1. The molecular formula is C22H24N2O5. The number of nitrogens with zero attached hydrogens (tertiary/aromatic N) is 1. The van der Waals surface area contributed by atoms with Gasteiger partial charge in [-0.25, -0.2) is 4.79 Å². The fraction of sp³-hybridized carbons (Fsp3) is 0.273. The maximum Gasteiger partial charge on any atom is 0.335 e. The second-order valence-electron chi connectivity index (χ2n) is 6.69. The van der Waals surface area contributed by atoms with Crippen molar-refractivity contribution in [1.82, 2.24) is 4.57 Å². The molecule has 0 aliphatic heterocycles. The first kappa shape index (κ1) is 20.3. The predicted molar refractivity (Wildman–Crippen MR) is 110 cm³/mol. The van der Waals surface area contributed by atoms with E-state index in [2.05, 4.69) is 0 Å². The standard InChI is InChI=1S/C22H24N2O5/c1-3-29-21(25)8-9-24-13-16(18-12-17(23)6-7-19(18)24)10-14-4-5-15(22(26)27)11-20(14)28-2/h4-7,11-13H,3,8-10,23H2,1-2H3,(H,26,27). The summed E-state index contributed by atoms with van der Waals surface area (Å²) in [7, 11) is 1.52. The molecule has 2 aromatic carbocycles. The molecule has 0 aliphatic rings. The molecule has 0 spiro atoms. The van der Waals surface area contributed by atoms with Crippen LogP contribution in [0.1, 0.15) is 34.8 Å². The monoisotopic (exact) mass is 396 g/mol. The molecule has 1 heterocycles. The van der Waals surface area contributed by atoms with Crippen LogP contribution in [0.4, 0.5) is 5.69 Å². The Kier molecular flexibility index (Phi) is 6.07. The van der Waals surface area contributed by atoms with E-state index in [9.17, 15) is 14.7 Å². The van der Waals surface area contributed by atoms with Gasteiger partial charge in [0.1, 0.15) is 5.75 Å². The normalized spacial score (nSPS) is 10.8. The summed E-state index contributed by atoms with van der Waals surface area (Å²) in [5.74, 6) is -0.725. The lowest BCUT2D eigenvalue weighted by atomic mass is 10.0. The van der Waals surface area contributed by atoms with Crippen LogP contribution in [-0.2, 0) is 22.5 Å². The molecule has 0 bridgehead atoms. The van der Waals surface area contributed by atoms with Gasteiger partial charge in [-0.05, 0) is 48.4 Å². The maximum absolute atomic E-state index is 11.8. The number of anilines is 1. The zero-order valence-corrected chi connectivity index (χ0v) is 16.5. The summed E-state index contributed by atoms with van der Waals surface area (Å²) >= 11 is 0. The summed E-state index contributed by atoms with van der Waals surface area (Å²) in [6, 6.07) is 10.5. The zero-order chi connectivity index (χ0) is 21.0. The average molecular weight is 396 g/mol. The predicted octanol–water partition coefficient (Wildman–Crippen LogP) is 3.47. The molecule has 7 nitrogen and oxygen atoms in total. The van der Waals surface area contributed by atoms with Crippen LogP contribution in [0.25, 0.3) is 10.9 Å². The number of aromatic carboxylic acids is 1. The number of carboxylic acid groups (broad SMARTS) is 1. The van der Waals surface area contributed by atoms with Crippen molar-refractivity contribution in [2.24, 2.45) is 0 Å². The minimum Gasteiger partial charge on any atom is -0.496 e. The Morgan fingerprint density at radius 1 is 1.14 bits per heavy atom. The van der Waals surface area contributed by atoms with Crippen LogP contribution in [0, 0.1) is 0 Å². The summed E-state index contributed by atoms with van der Waals surface area (Å²) in [6.07, 6.45) is 2.81. The molecule has 0 unspecified atom stereocenters. The molecule has 7 heteroatoms. The molecule has 0 fully saturated rings. The minimum absolute atomic E-state index is 0.173. The van der Waals surface area contributed by atoms with Gasteiger partial charge in [-0.15, -0.1) is 0 Å². The van der Waals surface area contributed by atoms with Gasteiger partial charge in [0, 0.05) is 35.8 Å². The van der Waals surface area contributed by atoms with Gasteiger partial charge in [-0.1, -0.05) is 6.07 Å². The van der Waals surface area contributed by atoms with E-state index in [4.69, 9.17) is 15.2 Å². The number of nitrogen functional groups attached to an aromatic ring is 1. The Bertz CT molecular complexity index is 1050. The fourth-order valence-corrected chi connectivity index (χ4v) is 3.39. The highest BCUT2D eigenvalue weighted by Gasteiger charge is 2.15. The van der Waals surface area contributed by atoms with Gasteiger partial charge in [0.15, 0.2) is 0 Å². The van der Waals surface area contributed by atoms with Crippen molar-refractivity contribution in [3.8, 4) is 5.75 Å². The van der Waals surface area contributed by atoms with Gasteiger partial charge in [0.25, 0.3) is 0 Å². The molecule has 3 rings (SSSR count). The summed E-state index contributed by atoms with van der Waals surface area (Å²) in [6.45, 7) is 2.64. The lowest BCUT2D eigenvalue weighted by Crippen LogP contribution is -2.08. The first-order valence-corrected chi connectivity index (χ1v) is 9.36. The van der Waals surface area contributed by atoms with Gasteiger partial charge in [-0.3, -0.25) is 4.79 Å². The Balaban J connectivity index is 1.96. The van der Waals surface area contributed by atoms with Crippen molar-refractivity contribution in [3.63, 3.8) is 0 Å². The molecule has 152 valence electrons. The number of hydrogen-bond acceptors (Lipinski definition) is 5. The van der Waals surface area contributed by atoms with Crippen LogP contribution in [-0.4, -0.2) is 35.3 Å². The summed E-state index contributed by atoms with van der Waals surface area (Å²) in [5, 5.41) is 10.2. The highest BCUT2D eigenvalue weighted by atomic mass is 16.5. The zero-order valence-electron chi connectivity index (χ0n) is 16.5. The van der Waals surface area contributed by atoms with Crippen molar-refractivity contribution in [2.45, 2.75) is 26.3 Å². The van der Waals surface area contributed by atoms with Gasteiger partial charge in [0.05, 0.1) is 25.7 Å². The van der Waals surface area contributed by atoms with Crippen LogP contribution in [0.3, 0.4) is 0 Å². The molecule has 0 aliphatic carbocycles. The van der Waals surface area contributed by atoms with Crippen LogP contribution < -0.4 is 10.5 Å². The molecule has 0 saturated heterocycles. The van der Waals surface area contributed by atoms with Crippen molar-refractivity contribution in [1.29, 1.82) is 0 Å². The number of carbonyl (C=O) groups is 2. The quantitative estimate of drug-likeness (QED) is 0.446. The molecular weight excluding hydrogens is 372 g/mol. The van der Waals surface area contributed by atoms with E-state index < -0.39 is 5.97 Å².